The minimum absolute atomic E-state index is 0.0338. The molecule has 0 spiro atoms. The number of ether oxygens (including phenoxy) is 3. The average molecular weight is 252 g/mol. The summed E-state index contributed by atoms with van der Waals surface area (Å²) in [5.41, 5.74) is 0.0993. The highest BCUT2D eigenvalue weighted by molar-refractivity contribution is 5.92. The molecule has 1 unspecified atom stereocenters. The second kappa shape index (κ2) is 5.16. The molecule has 1 N–H and O–H groups in total. The molecule has 0 radical (unpaired) electrons. The topological polar surface area (TPSA) is 65.0 Å². The van der Waals surface area contributed by atoms with E-state index in [1.807, 2.05) is 6.92 Å². The summed E-state index contributed by atoms with van der Waals surface area (Å²) in [6.07, 6.45) is 1.82. The third kappa shape index (κ3) is 2.50. The van der Waals surface area contributed by atoms with Crippen molar-refractivity contribution in [1.82, 2.24) is 0 Å². The van der Waals surface area contributed by atoms with Crippen LogP contribution in [-0.4, -0.2) is 24.0 Å². The number of fused-ring (bicyclic) bond motifs is 1. The molecule has 5 nitrogen and oxygen atoms in total. The zero-order valence-electron chi connectivity index (χ0n) is 10.4. The second-order valence-electron chi connectivity index (χ2n) is 4.22. The minimum Gasteiger partial charge on any atom is -0.490 e. The SMILES string of the molecule is CCCC(C)Oc1cc2c(cc1C(=O)O)OCO2. The lowest BCUT2D eigenvalue weighted by atomic mass is 10.1. The second-order valence-corrected chi connectivity index (χ2v) is 4.22. The van der Waals surface area contributed by atoms with Crippen molar-refractivity contribution < 1.29 is 24.1 Å². The Hall–Kier alpha value is -1.91. The average Bonchev–Trinajstić information content (AvgIpc) is 2.74. The first-order valence-electron chi connectivity index (χ1n) is 5.95. The lowest BCUT2D eigenvalue weighted by molar-refractivity contribution is 0.0689. The first-order valence-corrected chi connectivity index (χ1v) is 5.95. The van der Waals surface area contributed by atoms with Crippen LogP contribution in [0.3, 0.4) is 0 Å². The molecule has 0 bridgehead atoms. The van der Waals surface area contributed by atoms with Crippen molar-refractivity contribution in [2.75, 3.05) is 6.79 Å². The van der Waals surface area contributed by atoms with Crippen LogP contribution in [0.25, 0.3) is 0 Å². The maximum atomic E-state index is 11.2. The molecule has 1 aromatic carbocycles. The lowest BCUT2D eigenvalue weighted by Crippen LogP contribution is -2.13. The number of hydrogen-bond donors (Lipinski definition) is 1. The van der Waals surface area contributed by atoms with Crippen molar-refractivity contribution in [1.29, 1.82) is 0 Å². The van der Waals surface area contributed by atoms with Crippen molar-refractivity contribution in [3.63, 3.8) is 0 Å². The van der Waals surface area contributed by atoms with E-state index in [4.69, 9.17) is 19.3 Å². The predicted octanol–water partition coefficient (Wildman–Crippen LogP) is 2.68. The van der Waals surface area contributed by atoms with Gasteiger partial charge in [-0.25, -0.2) is 4.79 Å². The molecule has 18 heavy (non-hydrogen) atoms. The van der Waals surface area contributed by atoms with Crippen LogP contribution in [0.15, 0.2) is 12.1 Å². The van der Waals surface area contributed by atoms with Crippen LogP contribution in [0.5, 0.6) is 17.2 Å². The summed E-state index contributed by atoms with van der Waals surface area (Å²) >= 11 is 0. The van der Waals surface area contributed by atoms with Crippen molar-refractivity contribution in [2.45, 2.75) is 32.8 Å². The molecule has 0 saturated carbocycles. The van der Waals surface area contributed by atoms with Gasteiger partial charge in [-0.3, -0.25) is 0 Å². The van der Waals surface area contributed by atoms with Gasteiger partial charge in [-0.05, 0) is 13.3 Å². The summed E-state index contributed by atoms with van der Waals surface area (Å²) in [6, 6.07) is 3.02. The van der Waals surface area contributed by atoms with Gasteiger partial charge in [0.15, 0.2) is 11.5 Å². The highest BCUT2D eigenvalue weighted by atomic mass is 16.7. The van der Waals surface area contributed by atoms with Crippen LogP contribution in [0, 0.1) is 0 Å². The van der Waals surface area contributed by atoms with Gasteiger partial charge >= 0.3 is 5.97 Å². The van der Waals surface area contributed by atoms with E-state index in [2.05, 4.69) is 6.92 Å². The molecule has 0 amide bonds. The smallest absolute Gasteiger partial charge is 0.339 e. The number of carboxylic acids is 1. The molecule has 5 heteroatoms. The number of carbonyl (C=O) groups is 1. The maximum Gasteiger partial charge on any atom is 0.339 e. The van der Waals surface area contributed by atoms with Gasteiger partial charge < -0.3 is 19.3 Å². The summed E-state index contributed by atoms with van der Waals surface area (Å²) in [5, 5.41) is 9.16. The lowest BCUT2D eigenvalue weighted by Gasteiger charge is -2.16. The standard InChI is InChI=1S/C13H16O5/c1-3-4-8(2)18-10-6-12-11(16-7-17-12)5-9(10)13(14)15/h5-6,8H,3-4,7H2,1-2H3,(H,14,15). The highest BCUT2D eigenvalue weighted by Gasteiger charge is 2.22. The Balaban J connectivity index is 2.29. The van der Waals surface area contributed by atoms with E-state index in [0.717, 1.165) is 12.8 Å². The van der Waals surface area contributed by atoms with Crippen molar-refractivity contribution in [3.05, 3.63) is 17.7 Å². The molecule has 0 aromatic heterocycles. The maximum absolute atomic E-state index is 11.2. The molecule has 1 atom stereocenters. The van der Waals surface area contributed by atoms with Gasteiger partial charge in [0.1, 0.15) is 11.3 Å². The molecule has 0 saturated heterocycles. The van der Waals surface area contributed by atoms with Gasteiger partial charge in [-0.1, -0.05) is 13.3 Å². The van der Waals surface area contributed by atoms with Crippen LogP contribution in [-0.2, 0) is 0 Å². The van der Waals surface area contributed by atoms with E-state index >= 15 is 0 Å². The van der Waals surface area contributed by atoms with Crippen LogP contribution < -0.4 is 14.2 Å². The van der Waals surface area contributed by atoms with E-state index < -0.39 is 5.97 Å². The van der Waals surface area contributed by atoms with Gasteiger partial charge in [0.2, 0.25) is 6.79 Å². The zero-order chi connectivity index (χ0) is 13.1. The molecule has 1 aliphatic rings. The third-order valence-corrected chi connectivity index (χ3v) is 2.73. The summed E-state index contributed by atoms with van der Waals surface area (Å²) < 4.78 is 16.0. The van der Waals surface area contributed by atoms with E-state index in [1.165, 1.54) is 6.07 Å². The fourth-order valence-electron chi connectivity index (χ4n) is 1.87. The summed E-state index contributed by atoms with van der Waals surface area (Å²) in [6.45, 7) is 4.08. The Morgan fingerprint density at radius 3 is 2.72 bits per heavy atom. The number of hydrogen-bond acceptors (Lipinski definition) is 4. The number of aromatic carboxylic acids is 1. The fraction of sp³-hybridized carbons (Fsp3) is 0.462. The Morgan fingerprint density at radius 1 is 1.44 bits per heavy atom. The molecular formula is C13H16O5. The van der Waals surface area contributed by atoms with E-state index in [0.29, 0.717) is 17.2 Å². The molecule has 0 fully saturated rings. The van der Waals surface area contributed by atoms with Gasteiger partial charge in [0.25, 0.3) is 0 Å². The summed E-state index contributed by atoms with van der Waals surface area (Å²) in [7, 11) is 0. The molecule has 1 aromatic rings. The van der Waals surface area contributed by atoms with Crippen LogP contribution in [0.4, 0.5) is 0 Å². The quantitative estimate of drug-likeness (QED) is 0.872. The Labute approximate surface area is 105 Å². The van der Waals surface area contributed by atoms with E-state index in [1.54, 1.807) is 6.07 Å². The molecular weight excluding hydrogens is 236 g/mol. The van der Waals surface area contributed by atoms with Crippen molar-refractivity contribution in [2.24, 2.45) is 0 Å². The van der Waals surface area contributed by atoms with E-state index in [-0.39, 0.29) is 18.5 Å². The molecule has 1 heterocycles. The molecule has 0 aliphatic carbocycles. The van der Waals surface area contributed by atoms with Crippen LogP contribution >= 0.6 is 0 Å². The molecule has 1 aliphatic heterocycles. The number of rotatable bonds is 5. The van der Waals surface area contributed by atoms with Gasteiger partial charge in [-0.2, -0.15) is 0 Å². The van der Waals surface area contributed by atoms with Crippen molar-refractivity contribution in [3.8, 4) is 17.2 Å². The van der Waals surface area contributed by atoms with Crippen molar-refractivity contribution >= 4 is 5.97 Å². The Morgan fingerprint density at radius 2 is 2.11 bits per heavy atom. The highest BCUT2D eigenvalue weighted by Crippen LogP contribution is 2.38. The normalized spacial score (nSPS) is 14.3. The summed E-state index contributed by atoms with van der Waals surface area (Å²) in [5.74, 6) is 0.265. The third-order valence-electron chi connectivity index (χ3n) is 2.73. The van der Waals surface area contributed by atoms with Gasteiger partial charge in [-0.15, -0.1) is 0 Å². The van der Waals surface area contributed by atoms with Gasteiger partial charge in [0.05, 0.1) is 6.10 Å². The largest absolute Gasteiger partial charge is 0.490 e. The van der Waals surface area contributed by atoms with Crippen LogP contribution in [0.1, 0.15) is 37.0 Å². The molecule has 2 rings (SSSR count). The first kappa shape index (κ1) is 12.5. The first-order chi connectivity index (χ1) is 8.61. The van der Waals surface area contributed by atoms with E-state index in [9.17, 15) is 4.79 Å². The predicted molar refractivity (Wildman–Crippen MR) is 64.5 cm³/mol. The fourth-order valence-corrected chi connectivity index (χ4v) is 1.87. The minimum atomic E-state index is -1.04. The number of carboxylic acid groups (broad SMARTS) is 1. The monoisotopic (exact) mass is 252 g/mol. The molecule has 98 valence electrons. The Bertz CT molecular complexity index is 455. The summed E-state index contributed by atoms with van der Waals surface area (Å²) in [4.78, 5) is 11.2. The Kier molecular flexibility index (Phi) is 3.60. The van der Waals surface area contributed by atoms with Crippen LogP contribution in [0.2, 0.25) is 0 Å². The number of benzene rings is 1. The zero-order valence-corrected chi connectivity index (χ0v) is 10.4. The van der Waals surface area contributed by atoms with Gasteiger partial charge in [0, 0.05) is 12.1 Å².